The highest BCUT2D eigenvalue weighted by atomic mass is 35.5. The van der Waals surface area contributed by atoms with Crippen LogP contribution in [0.15, 0.2) is 30.5 Å². The van der Waals surface area contributed by atoms with Crippen LogP contribution in [0.4, 0.5) is 0 Å². The lowest BCUT2D eigenvalue weighted by atomic mass is 10.1. The normalized spacial score (nSPS) is 20.8. The summed E-state index contributed by atoms with van der Waals surface area (Å²) in [5, 5.41) is 5.32. The fraction of sp³-hybridized carbons (Fsp3) is 0.400. The minimum Gasteiger partial charge on any atom is -0.314 e. The van der Waals surface area contributed by atoms with Crippen molar-refractivity contribution in [2.24, 2.45) is 0 Å². The Labute approximate surface area is 118 Å². The number of fused-ring (bicyclic) bond motifs is 1. The van der Waals surface area contributed by atoms with Crippen LogP contribution in [0, 0.1) is 0 Å². The van der Waals surface area contributed by atoms with Crippen molar-refractivity contribution in [2.75, 3.05) is 19.6 Å². The lowest BCUT2D eigenvalue weighted by molar-refractivity contribution is 0.166. The van der Waals surface area contributed by atoms with Crippen LogP contribution in [-0.2, 0) is 6.54 Å². The third kappa shape index (κ3) is 2.73. The van der Waals surface area contributed by atoms with Gasteiger partial charge in [0, 0.05) is 48.8 Å². The van der Waals surface area contributed by atoms with Crippen LogP contribution >= 0.6 is 11.6 Å². The number of piperazine rings is 1. The second-order valence-corrected chi connectivity index (χ2v) is 5.60. The molecular weight excluding hydrogens is 258 g/mol. The summed E-state index contributed by atoms with van der Waals surface area (Å²) in [7, 11) is 0. The maximum Gasteiger partial charge on any atom is 0.0747 e. The molecule has 1 N–H and O–H groups in total. The fourth-order valence-corrected chi connectivity index (χ4v) is 2.93. The van der Waals surface area contributed by atoms with Crippen LogP contribution < -0.4 is 5.32 Å². The molecule has 1 saturated heterocycles. The van der Waals surface area contributed by atoms with E-state index < -0.39 is 0 Å². The zero-order valence-corrected chi connectivity index (χ0v) is 11.8. The zero-order chi connectivity index (χ0) is 13.2. The molecule has 1 fully saturated rings. The molecule has 0 unspecified atom stereocenters. The topological polar surface area (TPSA) is 28.2 Å². The molecule has 3 nitrogen and oxygen atoms in total. The number of nitrogens with zero attached hydrogens (tertiary/aromatic N) is 2. The summed E-state index contributed by atoms with van der Waals surface area (Å²) in [6, 6.07) is 8.60. The number of nitrogens with one attached hydrogen (secondary N) is 1. The molecule has 2 heterocycles. The molecule has 3 rings (SSSR count). The van der Waals surface area contributed by atoms with Crippen LogP contribution in [0.2, 0.25) is 5.02 Å². The molecule has 4 heteroatoms. The maximum atomic E-state index is 6.22. The number of rotatable bonds is 2. The smallest absolute Gasteiger partial charge is 0.0747 e. The van der Waals surface area contributed by atoms with Gasteiger partial charge in [-0.05, 0) is 30.7 Å². The molecule has 0 spiro atoms. The summed E-state index contributed by atoms with van der Waals surface area (Å²) in [5.41, 5.74) is 2.29. The fourth-order valence-electron chi connectivity index (χ4n) is 2.68. The predicted molar refractivity (Wildman–Crippen MR) is 79.5 cm³/mol. The average molecular weight is 276 g/mol. The Morgan fingerprint density at radius 1 is 1.47 bits per heavy atom. The van der Waals surface area contributed by atoms with Gasteiger partial charge in [0.2, 0.25) is 0 Å². The Hall–Kier alpha value is -1.16. The average Bonchev–Trinajstić information content (AvgIpc) is 2.41. The van der Waals surface area contributed by atoms with E-state index in [-0.39, 0.29) is 0 Å². The van der Waals surface area contributed by atoms with E-state index in [1.54, 1.807) is 0 Å². The zero-order valence-electron chi connectivity index (χ0n) is 11.1. The van der Waals surface area contributed by atoms with E-state index in [0.29, 0.717) is 6.04 Å². The summed E-state index contributed by atoms with van der Waals surface area (Å²) in [5.74, 6) is 0. The second kappa shape index (κ2) is 5.45. The van der Waals surface area contributed by atoms with E-state index in [0.717, 1.165) is 42.1 Å². The highest BCUT2D eigenvalue weighted by Crippen LogP contribution is 2.24. The van der Waals surface area contributed by atoms with Crippen molar-refractivity contribution in [2.45, 2.75) is 19.5 Å². The number of hydrogen-bond acceptors (Lipinski definition) is 3. The first kappa shape index (κ1) is 12.9. The van der Waals surface area contributed by atoms with Crippen LogP contribution in [0.25, 0.3) is 10.9 Å². The van der Waals surface area contributed by atoms with E-state index >= 15 is 0 Å². The molecule has 0 bridgehead atoms. The molecule has 1 atom stereocenters. The van der Waals surface area contributed by atoms with Crippen LogP contribution in [0.5, 0.6) is 0 Å². The Balaban J connectivity index is 1.95. The van der Waals surface area contributed by atoms with E-state index in [1.807, 2.05) is 24.4 Å². The highest BCUT2D eigenvalue weighted by molar-refractivity contribution is 6.31. The number of pyridine rings is 1. The molecule has 100 valence electrons. The Kier molecular flexibility index (Phi) is 3.69. The molecule has 0 radical (unpaired) electrons. The van der Waals surface area contributed by atoms with Gasteiger partial charge in [-0.1, -0.05) is 17.7 Å². The molecule has 0 amide bonds. The number of halogens is 1. The first-order chi connectivity index (χ1) is 9.24. The van der Waals surface area contributed by atoms with Crippen molar-refractivity contribution in [1.82, 2.24) is 15.2 Å². The lowest BCUT2D eigenvalue weighted by Gasteiger charge is -2.34. The molecular formula is C15H18ClN3. The molecule has 0 aliphatic carbocycles. The van der Waals surface area contributed by atoms with Crippen LogP contribution in [0.1, 0.15) is 12.5 Å². The Morgan fingerprint density at radius 2 is 2.37 bits per heavy atom. The van der Waals surface area contributed by atoms with Gasteiger partial charge in [0.1, 0.15) is 0 Å². The minimum absolute atomic E-state index is 0.548. The van der Waals surface area contributed by atoms with E-state index in [1.165, 1.54) is 5.56 Å². The van der Waals surface area contributed by atoms with E-state index in [4.69, 9.17) is 11.6 Å². The molecule has 1 aromatic carbocycles. The first-order valence-electron chi connectivity index (χ1n) is 6.72. The SMILES string of the molecule is C[C@@H]1CNCCN1Cc1cc(Cl)cc2cccnc12. The van der Waals surface area contributed by atoms with Gasteiger partial charge in [0.25, 0.3) is 0 Å². The summed E-state index contributed by atoms with van der Waals surface area (Å²) in [6.07, 6.45) is 1.85. The third-order valence-corrected chi connectivity index (χ3v) is 3.98. The molecule has 19 heavy (non-hydrogen) atoms. The third-order valence-electron chi connectivity index (χ3n) is 3.76. The van der Waals surface area contributed by atoms with Crippen molar-refractivity contribution in [3.05, 3.63) is 41.0 Å². The first-order valence-corrected chi connectivity index (χ1v) is 7.10. The van der Waals surface area contributed by atoms with Gasteiger partial charge >= 0.3 is 0 Å². The lowest BCUT2D eigenvalue weighted by Crippen LogP contribution is -2.49. The quantitative estimate of drug-likeness (QED) is 0.913. The van der Waals surface area contributed by atoms with Gasteiger partial charge < -0.3 is 5.32 Å². The summed E-state index contributed by atoms with van der Waals surface area (Å²) in [6.45, 7) is 6.34. The maximum absolute atomic E-state index is 6.22. The van der Waals surface area contributed by atoms with E-state index in [9.17, 15) is 0 Å². The van der Waals surface area contributed by atoms with Crippen molar-refractivity contribution < 1.29 is 0 Å². The molecule has 2 aromatic rings. The highest BCUT2D eigenvalue weighted by Gasteiger charge is 2.19. The largest absolute Gasteiger partial charge is 0.314 e. The predicted octanol–water partition coefficient (Wildman–Crippen LogP) is 2.68. The summed E-state index contributed by atoms with van der Waals surface area (Å²) in [4.78, 5) is 6.99. The van der Waals surface area contributed by atoms with Crippen LogP contribution in [0.3, 0.4) is 0 Å². The van der Waals surface area contributed by atoms with Crippen LogP contribution in [-0.4, -0.2) is 35.6 Å². The van der Waals surface area contributed by atoms with Crippen molar-refractivity contribution >= 4 is 22.5 Å². The van der Waals surface area contributed by atoms with Crippen molar-refractivity contribution in [1.29, 1.82) is 0 Å². The van der Waals surface area contributed by atoms with Gasteiger partial charge in [-0.2, -0.15) is 0 Å². The summed E-state index contributed by atoms with van der Waals surface area (Å²) < 4.78 is 0. The van der Waals surface area contributed by atoms with Gasteiger partial charge in [0.05, 0.1) is 5.52 Å². The Morgan fingerprint density at radius 3 is 3.21 bits per heavy atom. The second-order valence-electron chi connectivity index (χ2n) is 5.16. The molecule has 1 aliphatic heterocycles. The standard InChI is InChI=1S/C15H18ClN3/c1-11-9-17-5-6-19(11)10-13-8-14(16)7-12-3-2-4-18-15(12)13/h2-4,7-8,11,17H,5-6,9-10H2,1H3/t11-/m1/s1. The summed E-state index contributed by atoms with van der Waals surface area (Å²) >= 11 is 6.22. The molecule has 0 saturated carbocycles. The van der Waals surface area contributed by atoms with Gasteiger partial charge in [0.15, 0.2) is 0 Å². The minimum atomic E-state index is 0.548. The monoisotopic (exact) mass is 275 g/mol. The van der Waals surface area contributed by atoms with Crippen molar-refractivity contribution in [3.8, 4) is 0 Å². The van der Waals surface area contributed by atoms with E-state index in [2.05, 4.69) is 28.2 Å². The number of aromatic nitrogens is 1. The van der Waals surface area contributed by atoms with Gasteiger partial charge in [-0.25, -0.2) is 0 Å². The Bertz CT molecular complexity index is 585. The number of benzene rings is 1. The van der Waals surface area contributed by atoms with Gasteiger partial charge in [-0.3, -0.25) is 9.88 Å². The molecule has 1 aromatic heterocycles. The van der Waals surface area contributed by atoms with Crippen molar-refractivity contribution in [3.63, 3.8) is 0 Å². The molecule has 1 aliphatic rings. The number of hydrogen-bond donors (Lipinski definition) is 1. The van der Waals surface area contributed by atoms with Gasteiger partial charge in [-0.15, -0.1) is 0 Å².